The van der Waals surface area contributed by atoms with Crippen molar-refractivity contribution in [2.75, 3.05) is 0 Å². The van der Waals surface area contributed by atoms with Gasteiger partial charge in [0.2, 0.25) is 0 Å². The lowest BCUT2D eigenvalue weighted by atomic mass is 10.2. The molecule has 1 unspecified atom stereocenters. The van der Waals surface area contributed by atoms with E-state index in [1.54, 1.807) is 6.92 Å². The Balaban J connectivity index is 3.71. The van der Waals surface area contributed by atoms with Gasteiger partial charge in [-0.15, -0.1) is 0 Å². The Labute approximate surface area is 59.0 Å². The fourth-order valence-corrected chi connectivity index (χ4v) is 0.392. The van der Waals surface area contributed by atoms with Crippen molar-refractivity contribution in [1.29, 1.82) is 0 Å². The van der Waals surface area contributed by atoms with Crippen LogP contribution in [0.2, 0.25) is 0 Å². The van der Waals surface area contributed by atoms with E-state index in [2.05, 4.69) is 5.32 Å². The zero-order valence-electron chi connectivity index (χ0n) is 5.44. The minimum atomic E-state index is -1.09. The van der Waals surface area contributed by atoms with Crippen LogP contribution in [0.3, 0.4) is 0 Å². The normalized spacial score (nSPS) is 16.3. The van der Waals surface area contributed by atoms with Crippen molar-refractivity contribution in [2.24, 2.45) is 0 Å². The molecule has 0 aromatic heterocycles. The van der Waals surface area contributed by atoms with Crippen molar-refractivity contribution >= 4 is 17.7 Å². The highest BCUT2D eigenvalue weighted by Gasteiger charge is 2.19. The summed E-state index contributed by atoms with van der Waals surface area (Å²) in [7, 11) is 0. The first-order chi connectivity index (χ1) is 3.98. The summed E-state index contributed by atoms with van der Waals surface area (Å²) in [4.78, 5) is 9.16. The lowest BCUT2D eigenvalue weighted by Crippen LogP contribution is -2.39. The number of hydrogen-bond donors (Lipinski definition) is 2. The summed E-state index contributed by atoms with van der Waals surface area (Å²) in [6, 6.07) is 0. The molecule has 0 aromatic carbocycles. The number of carbonyl (C=O) groups is 1. The quantitative estimate of drug-likeness (QED) is 0.466. The summed E-state index contributed by atoms with van der Waals surface area (Å²) >= 11 is 5.62. The number of halogens is 1. The molecular weight excluding hydrogens is 142 g/mol. The number of amides is 1. The second-order valence-corrected chi connectivity index (χ2v) is 2.82. The molecule has 0 fully saturated rings. The molecule has 1 amide bonds. The predicted octanol–water partition coefficient (Wildman–Crippen LogP) is 1.62. The molecule has 1 atom stereocenters. The Hall–Kier alpha value is -0.440. The number of hydrogen-bond acceptors (Lipinski definition) is 1. The maximum Gasteiger partial charge on any atom is 0.406 e. The van der Waals surface area contributed by atoms with Crippen molar-refractivity contribution < 1.29 is 9.90 Å². The van der Waals surface area contributed by atoms with Gasteiger partial charge in [0.15, 0.2) is 0 Å². The van der Waals surface area contributed by atoms with E-state index >= 15 is 0 Å². The van der Waals surface area contributed by atoms with Crippen LogP contribution in [0.15, 0.2) is 0 Å². The van der Waals surface area contributed by atoms with Gasteiger partial charge in [0, 0.05) is 0 Å². The number of alkyl halides is 1. The third-order valence-corrected chi connectivity index (χ3v) is 1.39. The molecule has 0 aliphatic rings. The Morgan fingerprint density at radius 1 is 1.89 bits per heavy atom. The molecule has 0 saturated carbocycles. The first kappa shape index (κ1) is 8.56. The van der Waals surface area contributed by atoms with Gasteiger partial charge in [-0.3, -0.25) is 0 Å². The molecule has 0 saturated heterocycles. The van der Waals surface area contributed by atoms with Gasteiger partial charge in [0.25, 0.3) is 0 Å². The summed E-state index contributed by atoms with van der Waals surface area (Å²) in [5, 5.41) is 10.3. The summed E-state index contributed by atoms with van der Waals surface area (Å²) in [6.07, 6.45) is -0.518. The second kappa shape index (κ2) is 2.92. The maximum absolute atomic E-state index is 9.98. The van der Waals surface area contributed by atoms with E-state index in [4.69, 9.17) is 16.7 Å². The van der Waals surface area contributed by atoms with Gasteiger partial charge in [0.1, 0.15) is 5.00 Å². The van der Waals surface area contributed by atoms with E-state index < -0.39 is 11.1 Å². The van der Waals surface area contributed by atoms with Gasteiger partial charge in [-0.05, 0) is 13.3 Å². The van der Waals surface area contributed by atoms with E-state index in [-0.39, 0.29) is 0 Å². The fraction of sp³-hybridized carbons (Fsp3) is 0.800. The van der Waals surface area contributed by atoms with E-state index in [9.17, 15) is 4.79 Å². The van der Waals surface area contributed by atoms with Crippen LogP contribution in [-0.4, -0.2) is 16.2 Å². The fourth-order valence-electron chi connectivity index (χ4n) is 0.311. The molecule has 4 heteroatoms. The highest BCUT2D eigenvalue weighted by molar-refractivity contribution is 6.24. The molecule has 0 heterocycles. The van der Waals surface area contributed by atoms with Crippen LogP contribution >= 0.6 is 11.6 Å². The predicted molar refractivity (Wildman–Crippen MR) is 35.7 cm³/mol. The summed E-state index contributed by atoms with van der Waals surface area (Å²) in [6.45, 7) is 3.42. The SMILES string of the molecule is CCC(C)(Cl)NC(=O)O. The zero-order valence-corrected chi connectivity index (χ0v) is 6.20. The van der Waals surface area contributed by atoms with Crippen molar-refractivity contribution in [1.82, 2.24) is 5.32 Å². The average Bonchev–Trinajstić information content (AvgIpc) is 1.63. The van der Waals surface area contributed by atoms with Gasteiger partial charge in [-0.25, -0.2) is 4.79 Å². The van der Waals surface area contributed by atoms with Gasteiger partial charge in [-0.1, -0.05) is 18.5 Å². The number of carboxylic acid groups (broad SMARTS) is 1. The van der Waals surface area contributed by atoms with Gasteiger partial charge in [0.05, 0.1) is 0 Å². The van der Waals surface area contributed by atoms with Crippen LogP contribution in [0.5, 0.6) is 0 Å². The third kappa shape index (κ3) is 4.09. The molecule has 0 aliphatic carbocycles. The van der Waals surface area contributed by atoms with Crippen molar-refractivity contribution in [3.63, 3.8) is 0 Å². The highest BCUT2D eigenvalue weighted by Crippen LogP contribution is 2.13. The second-order valence-electron chi connectivity index (χ2n) is 1.98. The molecule has 0 radical (unpaired) electrons. The van der Waals surface area contributed by atoms with Gasteiger partial charge in [-0.2, -0.15) is 0 Å². The first-order valence-electron chi connectivity index (χ1n) is 2.68. The van der Waals surface area contributed by atoms with Crippen LogP contribution in [0.4, 0.5) is 4.79 Å². The van der Waals surface area contributed by atoms with Crippen molar-refractivity contribution in [3.8, 4) is 0 Å². The monoisotopic (exact) mass is 151 g/mol. The van der Waals surface area contributed by atoms with Crippen molar-refractivity contribution in [3.05, 3.63) is 0 Å². The Bertz CT molecular complexity index is 114. The Kier molecular flexibility index (Phi) is 2.77. The smallest absolute Gasteiger partial charge is 0.406 e. The average molecular weight is 152 g/mol. The van der Waals surface area contributed by atoms with Crippen LogP contribution < -0.4 is 5.32 Å². The topological polar surface area (TPSA) is 49.3 Å². The molecule has 54 valence electrons. The standard InChI is InChI=1S/C5H10ClNO2/c1-3-5(2,6)7-4(8)9/h7H,3H2,1-2H3,(H,8,9). The van der Waals surface area contributed by atoms with Gasteiger partial charge >= 0.3 is 6.09 Å². The van der Waals surface area contributed by atoms with Crippen LogP contribution in [0.25, 0.3) is 0 Å². The van der Waals surface area contributed by atoms with Crippen LogP contribution in [-0.2, 0) is 0 Å². The largest absolute Gasteiger partial charge is 0.465 e. The molecule has 0 rings (SSSR count). The lowest BCUT2D eigenvalue weighted by Gasteiger charge is -2.18. The minimum absolute atomic E-state index is 0.570. The summed E-state index contributed by atoms with van der Waals surface area (Å²) in [5.41, 5.74) is 0. The van der Waals surface area contributed by atoms with E-state index in [0.29, 0.717) is 6.42 Å². The first-order valence-corrected chi connectivity index (χ1v) is 3.06. The number of rotatable bonds is 2. The summed E-state index contributed by atoms with van der Waals surface area (Å²) < 4.78 is 0. The Morgan fingerprint density at radius 3 is 2.44 bits per heavy atom. The number of nitrogens with one attached hydrogen (secondary N) is 1. The summed E-state index contributed by atoms with van der Waals surface area (Å²) in [5.74, 6) is 0. The molecule has 0 bridgehead atoms. The molecule has 0 spiro atoms. The molecule has 9 heavy (non-hydrogen) atoms. The minimum Gasteiger partial charge on any atom is -0.465 e. The van der Waals surface area contributed by atoms with Gasteiger partial charge < -0.3 is 10.4 Å². The third-order valence-electron chi connectivity index (χ3n) is 1.03. The molecule has 0 aliphatic heterocycles. The van der Waals surface area contributed by atoms with Crippen LogP contribution in [0.1, 0.15) is 20.3 Å². The highest BCUT2D eigenvalue weighted by atomic mass is 35.5. The van der Waals surface area contributed by atoms with E-state index in [0.717, 1.165) is 0 Å². The van der Waals surface area contributed by atoms with E-state index in [1.807, 2.05) is 6.92 Å². The molecule has 3 nitrogen and oxygen atoms in total. The molecule has 2 N–H and O–H groups in total. The maximum atomic E-state index is 9.98. The lowest BCUT2D eigenvalue weighted by molar-refractivity contribution is 0.188. The molecule has 0 aromatic rings. The van der Waals surface area contributed by atoms with E-state index in [1.165, 1.54) is 0 Å². The zero-order chi connectivity index (χ0) is 7.49. The van der Waals surface area contributed by atoms with Crippen molar-refractivity contribution in [2.45, 2.75) is 25.3 Å². The van der Waals surface area contributed by atoms with Crippen LogP contribution in [0, 0.1) is 0 Å². The molecular formula is C5H10ClNO2. The Morgan fingerprint density at radius 2 is 2.33 bits per heavy atom.